The summed E-state index contributed by atoms with van der Waals surface area (Å²) in [5.74, 6) is 2.36. The molecule has 0 aliphatic rings. The molecular formula is C15H25N3O2. The van der Waals surface area contributed by atoms with Crippen LogP contribution in [-0.4, -0.2) is 31.8 Å². The highest BCUT2D eigenvalue weighted by Gasteiger charge is 2.05. The Hall–Kier alpha value is -1.91. The van der Waals surface area contributed by atoms with Crippen molar-refractivity contribution in [3.8, 4) is 11.5 Å². The van der Waals surface area contributed by atoms with Crippen molar-refractivity contribution in [2.24, 2.45) is 10.9 Å². The molecule has 5 nitrogen and oxygen atoms in total. The minimum atomic E-state index is 0.246. The molecule has 0 amide bonds. The molecular weight excluding hydrogens is 254 g/mol. The molecule has 0 radical (unpaired) electrons. The van der Waals surface area contributed by atoms with Crippen LogP contribution < -0.4 is 15.4 Å². The summed E-state index contributed by atoms with van der Waals surface area (Å²) in [7, 11) is 3.34. The maximum atomic E-state index is 9.81. The van der Waals surface area contributed by atoms with Crippen LogP contribution in [0.25, 0.3) is 0 Å². The van der Waals surface area contributed by atoms with E-state index >= 15 is 0 Å². The minimum Gasteiger partial charge on any atom is -0.508 e. The predicted molar refractivity (Wildman–Crippen MR) is 82.3 cm³/mol. The SMILES string of the molecule is CN=C(NCCC(C)C)NCc1cc(OC)ccc1O. The number of benzene rings is 1. The molecule has 0 spiro atoms. The number of nitrogens with zero attached hydrogens (tertiary/aromatic N) is 1. The molecule has 0 aromatic heterocycles. The summed E-state index contributed by atoms with van der Waals surface area (Å²) >= 11 is 0. The Morgan fingerprint density at radius 1 is 1.35 bits per heavy atom. The largest absolute Gasteiger partial charge is 0.508 e. The summed E-state index contributed by atoms with van der Waals surface area (Å²) in [6, 6.07) is 5.17. The first-order valence-electron chi connectivity index (χ1n) is 6.87. The summed E-state index contributed by atoms with van der Waals surface area (Å²) in [6.07, 6.45) is 1.09. The second-order valence-electron chi connectivity index (χ2n) is 5.03. The molecule has 0 unspecified atom stereocenters. The number of hydrogen-bond donors (Lipinski definition) is 3. The average Bonchev–Trinajstić information content (AvgIpc) is 2.43. The topological polar surface area (TPSA) is 65.9 Å². The highest BCUT2D eigenvalue weighted by Crippen LogP contribution is 2.22. The molecule has 0 saturated heterocycles. The molecule has 5 heteroatoms. The normalized spacial score (nSPS) is 11.6. The molecule has 0 atom stereocenters. The van der Waals surface area contributed by atoms with Gasteiger partial charge in [-0.3, -0.25) is 4.99 Å². The lowest BCUT2D eigenvalue weighted by Gasteiger charge is -2.14. The van der Waals surface area contributed by atoms with Gasteiger partial charge in [-0.05, 0) is 30.5 Å². The maximum absolute atomic E-state index is 9.81. The lowest BCUT2D eigenvalue weighted by Crippen LogP contribution is -2.37. The van der Waals surface area contributed by atoms with Crippen molar-refractivity contribution in [3.63, 3.8) is 0 Å². The third-order valence-electron chi connectivity index (χ3n) is 2.97. The van der Waals surface area contributed by atoms with Crippen LogP contribution in [0.3, 0.4) is 0 Å². The number of aliphatic imine (C=N–C) groups is 1. The Morgan fingerprint density at radius 2 is 2.10 bits per heavy atom. The van der Waals surface area contributed by atoms with Crippen LogP contribution in [0.15, 0.2) is 23.2 Å². The maximum Gasteiger partial charge on any atom is 0.191 e. The van der Waals surface area contributed by atoms with Gasteiger partial charge in [-0.1, -0.05) is 13.8 Å². The van der Waals surface area contributed by atoms with Gasteiger partial charge in [0.15, 0.2) is 5.96 Å². The van der Waals surface area contributed by atoms with Crippen molar-refractivity contribution < 1.29 is 9.84 Å². The molecule has 0 aliphatic carbocycles. The Morgan fingerprint density at radius 3 is 2.70 bits per heavy atom. The molecule has 20 heavy (non-hydrogen) atoms. The third kappa shape index (κ3) is 5.38. The highest BCUT2D eigenvalue weighted by molar-refractivity contribution is 5.79. The quantitative estimate of drug-likeness (QED) is 0.551. The fourth-order valence-corrected chi connectivity index (χ4v) is 1.71. The van der Waals surface area contributed by atoms with Gasteiger partial charge in [-0.15, -0.1) is 0 Å². The number of aromatic hydroxyl groups is 1. The fourth-order valence-electron chi connectivity index (χ4n) is 1.71. The first-order valence-corrected chi connectivity index (χ1v) is 6.87. The average molecular weight is 279 g/mol. The van der Waals surface area contributed by atoms with Crippen molar-refractivity contribution in [2.45, 2.75) is 26.8 Å². The van der Waals surface area contributed by atoms with Crippen molar-refractivity contribution in [1.82, 2.24) is 10.6 Å². The van der Waals surface area contributed by atoms with Crippen LogP contribution in [0.5, 0.6) is 11.5 Å². The number of phenols is 1. The number of guanidine groups is 1. The lowest BCUT2D eigenvalue weighted by molar-refractivity contribution is 0.410. The zero-order valence-electron chi connectivity index (χ0n) is 12.7. The summed E-state index contributed by atoms with van der Waals surface area (Å²) in [4.78, 5) is 4.15. The van der Waals surface area contributed by atoms with Gasteiger partial charge in [0.05, 0.1) is 7.11 Å². The molecule has 0 fully saturated rings. The van der Waals surface area contributed by atoms with Gasteiger partial charge in [-0.2, -0.15) is 0 Å². The van der Waals surface area contributed by atoms with Gasteiger partial charge in [0, 0.05) is 25.7 Å². The summed E-state index contributed by atoms with van der Waals surface area (Å²) in [5.41, 5.74) is 0.774. The lowest BCUT2D eigenvalue weighted by atomic mass is 10.1. The van der Waals surface area contributed by atoms with Gasteiger partial charge in [-0.25, -0.2) is 0 Å². The number of nitrogens with one attached hydrogen (secondary N) is 2. The van der Waals surface area contributed by atoms with Gasteiger partial charge in [0.2, 0.25) is 0 Å². The Bertz CT molecular complexity index is 445. The summed E-state index contributed by atoms with van der Waals surface area (Å²) in [6.45, 7) is 5.74. The van der Waals surface area contributed by atoms with Gasteiger partial charge in [0.25, 0.3) is 0 Å². The monoisotopic (exact) mass is 279 g/mol. The van der Waals surface area contributed by atoms with E-state index in [4.69, 9.17) is 4.74 Å². The van der Waals surface area contributed by atoms with Crippen molar-refractivity contribution in [2.75, 3.05) is 20.7 Å². The number of rotatable bonds is 6. The first-order chi connectivity index (χ1) is 9.56. The highest BCUT2D eigenvalue weighted by atomic mass is 16.5. The summed E-state index contributed by atoms with van der Waals surface area (Å²) in [5, 5.41) is 16.2. The van der Waals surface area contributed by atoms with Crippen LogP contribution in [0.4, 0.5) is 0 Å². The molecule has 1 rings (SSSR count). The molecule has 0 heterocycles. The van der Waals surface area contributed by atoms with Crippen molar-refractivity contribution >= 4 is 5.96 Å². The van der Waals surface area contributed by atoms with E-state index in [0.29, 0.717) is 12.5 Å². The second-order valence-corrected chi connectivity index (χ2v) is 5.03. The molecule has 0 aliphatic heterocycles. The van der Waals surface area contributed by atoms with Crippen LogP contribution in [-0.2, 0) is 6.54 Å². The molecule has 0 saturated carbocycles. The van der Waals surface area contributed by atoms with Gasteiger partial charge < -0.3 is 20.5 Å². The molecule has 0 bridgehead atoms. The van der Waals surface area contributed by atoms with Crippen molar-refractivity contribution in [1.29, 1.82) is 0 Å². The number of methoxy groups -OCH3 is 1. The van der Waals surface area contributed by atoms with E-state index in [2.05, 4.69) is 29.5 Å². The van der Waals surface area contributed by atoms with Crippen LogP contribution >= 0.6 is 0 Å². The van der Waals surface area contributed by atoms with E-state index < -0.39 is 0 Å². The van der Waals surface area contributed by atoms with E-state index in [-0.39, 0.29) is 5.75 Å². The van der Waals surface area contributed by atoms with E-state index in [1.165, 1.54) is 0 Å². The smallest absolute Gasteiger partial charge is 0.191 e. The first kappa shape index (κ1) is 16.1. The second kappa shape index (κ2) is 8.30. The van der Waals surface area contributed by atoms with Crippen molar-refractivity contribution in [3.05, 3.63) is 23.8 Å². The number of hydrogen-bond acceptors (Lipinski definition) is 3. The number of phenolic OH excluding ortho intramolecular Hbond substituents is 1. The van der Waals surface area contributed by atoms with Gasteiger partial charge >= 0.3 is 0 Å². The third-order valence-corrected chi connectivity index (χ3v) is 2.97. The molecule has 112 valence electrons. The molecule has 1 aromatic carbocycles. The Balaban J connectivity index is 2.52. The van der Waals surface area contributed by atoms with E-state index in [0.717, 1.165) is 30.2 Å². The zero-order valence-corrected chi connectivity index (χ0v) is 12.7. The summed E-state index contributed by atoms with van der Waals surface area (Å²) < 4.78 is 5.15. The van der Waals surface area contributed by atoms with E-state index in [9.17, 15) is 5.11 Å². The fraction of sp³-hybridized carbons (Fsp3) is 0.533. The zero-order chi connectivity index (χ0) is 15.0. The van der Waals surface area contributed by atoms with Gasteiger partial charge in [0.1, 0.15) is 11.5 Å². The van der Waals surface area contributed by atoms with E-state index in [1.54, 1.807) is 26.3 Å². The molecule has 3 N–H and O–H groups in total. The minimum absolute atomic E-state index is 0.246. The molecule has 1 aromatic rings. The Kier molecular flexibility index (Phi) is 6.70. The standard InChI is InChI=1S/C15H25N3O2/c1-11(2)7-8-17-15(16-3)18-10-12-9-13(20-4)5-6-14(12)19/h5-6,9,11,19H,7-8,10H2,1-4H3,(H2,16,17,18). The van der Waals surface area contributed by atoms with Crippen LogP contribution in [0.2, 0.25) is 0 Å². The Labute approximate surface area is 121 Å². The van der Waals surface area contributed by atoms with Crippen LogP contribution in [0, 0.1) is 5.92 Å². The number of ether oxygens (including phenoxy) is 1. The van der Waals surface area contributed by atoms with Crippen LogP contribution in [0.1, 0.15) is 25.8 Å². The van der Waals surface area contributed by atoms with E-state index in [1.807, 2.05) is 6.07 Å². The predicted octanol–water partition coefficient (Wildman–Crippen LogP) is 2.11.